The maximum absolute atomic E-state index is 11.7. The highest BCUT2D eigenvalue weighted by atomic mass is 35.5. The van der Waals surface area contributed by atoms with Crippen LogP contribution in [0.5, 0.6) is 0 Å². The summed E-state index contributed by atoms with van der Waals surface area (Å²) in [5, 5.41) is 13.1. The Morgan fingerprint density at radius 2 is 1.86 bits per heavy atom. The van der Waals surface area contributed by atoms with Crippen molar-refractivity contribution in [2.75, 3.05) is 12.4 Å². The summed E-state index contributed by atoms with van der Waals surface area (Å²) >= 11 is 6.79. The van der Waals surface area contributed by atoms with Gasteiger partial charge in [0.2, 0.25) is 5.89 Å². The summed E-state index contributed by atoms with van der Waals surface area (Å²) in [6.07, 6.45) is 0. The summed E-state index contributed by atoms with van der Waals surface area (Å²) in [4.78, 5) is 34.9. The molecule has 0 atom stereocenters. The molecule has 0 saturated heterocycles. The van der Waals surface area contributed by atoms with Gasteiger partial charge in [0, 0.05) is 16.1 Å². The Balaban J connectivity index is 1.73. The number of halogens is 1. The minimum atomic E-state index is -0.733. The number of rotatable bonds is 6. The lowest BCUT2D eigenvalue weighted by molar-refractivity contribution is -0.145. The van der Waals surface area contributed by atoms with E-state index in [0.717, 1.165) is 11.8 Å². The van der Waals surface area contributed by atoms with E-state index in [1.165, 1.54) is 0 Å². The highest BCUT2D eigenvalue weighted by molar-refractivity contribution is 7.99. The predicted molar refractivity (Wildman–Crippen MR) is 103 cm³/mol. The van der Waals surface area contributed by atoms with Crippen LogP contribution in [0.2, 0.25) is 5.02 Å². The van der Waals surface area contributed by atoms with Gasteiger partial charge in [-0.1, -0.05) is 23.4 Å². The molecular formula is C17H19ClN4O5S. The van der Waals surface area contributed by atoms with E-state index in [-0.39, 0.29) is 16.9 Å². The molecule has 1 aromatic heterocycles. The molecule has 2 aromatic rings. The Labute approximate surface area is 170 Å². The van der Waals surface area contributed by atoms with Crippen molar-refractivity contribution in [2.45, 2.75) is 31.5 Å². The first kappa shape index (κ1) is 21.7. The number of amides is 3. The first-order valence-corrected chi connectivity index (χ1v) is 9.48. The normalized spacial score (nSPS) is 11.0. The summed E-state index contributed by atoms with van der Waals surface area (Å²) in [5.41, 5.74) is 0.198. The molecule has 3 amide bonds. The molecule has 0 aliphatic heterocycles. The average molecular weight is 427 g/mol. The van der Waals surface area contributed by atoms with Crippen LogP contribution in [0.1, 0.15) is 20.8 Å². The van der Waals surface area contributed by atoms with E-state index in [1.54, 1.807) is 45.0 Å². The van der Waals surface area contributed by atoms with Crippen molar-refractivity contribution in [2.24, 2.45) is 0 Å². The van der Waals surface area contributed by atoms with Gasteiger partial charge in [-0.3, -0.25) is 14.9 Å². The number of imide groups is 1. The number of carbonyl (C=O) groups excluding carboxylic acids is 3. The molecule has 0 spiro atoms. The number of ether oxygens (including phenoxy) is 1. The minimum absolute atomic E-state index is 0.135. The largest absolute Gasteiger partial charge is 0.455 e. The second-order valence-corrected chi connectivity index (χ2v) is 7.94. The average Bonchev–Trinajstić information content (AvgIpc) is 3.06. The van der Waals surface area contributed by atoms with E-state index in [0.29, 0.717) is 10.6 Å². The number of nitrogens with zero attached hydrogens (tertiary/aromatic N) is 2. The van der Waals surface area contributed by atoms with Crippen LogP contribution in [-0.4, -0.2) is 46.0 Å². The van der Waals surface area contributed by atoms with Gasteiger partial charge < -0.3 is 14.5 Å². The van der Waals surface area contributed by atoms with Crippen LogP contribution in [-0.2, 0) is 14.3 Å². The second-order valence-electron chi connectivity index (χ2n) is 6.58. The number of nitrogens with one attached hydrogen (secondary N) is 2. The summed E-state index contributed by atoms with van der Waals surface area (Å²) in [7, 11) is 0. The molecule has 0 bridgehead atoms. The fourth-order valence-electron chi connectivity index (χ4n) is 1.82. The van der Waals surface area contributed by atoms with E-state index < -0.39 is 30.1 Å². The van der Waals surface area contributed by atoms with Crippen molar-refractivity contribution in [1.82, 2.24) is 20.8 Å². The third kappa shape index (κ3) is 7.57. The van der Waals surface area contributed by atoms with Gasteiger partial charge in [-0.25, -0.2) is 4.79 Å². The van der Waals surface area contributed by atoms with Gasteiger partial charge in [-0.2, -0.15) is 0 Å². The molecule has 11 heteroatoms. The fourth-order valence-corrected chi connectivity index (χ4v) is 2.51. The molecule has 2 N–H and O–H groups in total. The summed E-state index contributed by atoms with van der Waals surface area (Å²) < 4.78 is 10.2. The van der Waals surface area contributed by atoms with Gasteiger partial charge in [0.05, 0.1) is 0 Å². The predicted octanol–water partition coefficient (Wildman–Crippen LogP) is 2.65. The van der Waals surface area contributed by atoms with Gasteiger partial charge in [-0.15, -0.1) is 10.2 Å². The van der Waals surface area contributed by atoms with E-state index in [2.05, 4.69) is 20.8 Å². The van der Waals surface area contributed by atoms with Gasteiger partial charge in [0.25, 0.3) is 11.1 Å². The van der Waals surface area contributed by atoms with E-state index >= 15 is 0 Å². The smallest absolute Gasteiger partial charge is 0.321 e. The number of urea groups is 1. The minimum Gasteiger partial charge on any atom is -0.455 e. The Bertz CT molecular complexity index is 848. The molecule has 1 aromatic carbocycles. The molecule has 0 radical (unpaired) electrons. The van der Waals surface area contributed by atoms with Crippen LogP contribution in [0.3, 0.4) is 0 Å². The van der Waals surface area contributed by atoms with Crippen LogP contribution in [0.15, 0.2) is 33.9 Å². The van der Waals surface area contributed by atoms with Crippen molar-refractivity contribution in [3.05, 3.63) is 29.3 Å². The number of aromatic nitrogens is 2. The summed E-state index contributed by atoms with van der Waals surface area (Å²) in [5.74, 6) is -1.24. The van der Waals surface area contributed by atoms with Gasteiger partial charge in [0.1, 0.15) is 5.75 Å². The number of benzene rings is 1. The molecule has 9 nitrogen and oxygen atoms in total. The Morgan fingerprint density at radius 1 is 1.18 bits per heavy atom. The zero-order valence-electron chi connectivity index (χ0n) is 15.4. The lowest BCUT2D eigenvalue weighted by atomic mass is 10.1. The lowest BCUT2D eigenvalue weighted by Gasteiger charge is -2.20. The number of thioether (sulfide) groups is 1. The highest BCUT2D eigenvalue weighted by Gasteiger charge is 2.17. The molecule has 0 aliphatic carbocycles. The van der Waals surface area contributed by atoms with Crippen LogP contribution in [0, 0.1) is 0 Å². The van der Waals surface area contributed by atoms with E-state index in [4.69, 9.17) is 20.8 Å². The highest BCUT2D eigenvalue weighted by Crippen LogP contribution is 2.24. The molecule has 0 aliphatic rings. The number of hydrogen-bond acceptors (Lipinski definition) is 8. The summed E-state index contributed by atoms with van der Waals surface area (Å²) in [6.45, 7) is 4.73. The maximum Gasteiger partial charge on any atom is 0.321 e. The van der Waals surface area contributed by atoms with E-state index in [1.807, 2.05) is 0 Å². The second kappa shape index (κ2) is 9.56. The fraction of sp³-hybridized carbons (Fsp3) is 0.353. The zero-order chi connectivity index (χ0) is 20.7. The third-order valence-corrected chi connectivity index (χ3v) is 3.96. The molecule has 150 valence electrons. The van der Waals surface area contributed by atoms with Gasteiger partial charge in [-0.05, 0) is 45.0 Å². The Hall–Kier alpha value is -2.59. The maximum atomic E-state index is 11.7. The van der Waals surface area contributed by atoms with Crippen molar-refractivity contribution in [3.8, 4) is 11.5 Å². The van der Waals surface area contributed by atoms with Gasteiger partial charge in [0.15, 0.2) is 6.61 Å². The first-order chi connectivity index (χ1) is 13.1. The quantitative estimate of drug-likeness (QED) is 0.533. The molecule has 0 fully saturated rings. The van der Waals surface area contributed by atoms with Crippen molar-refractivity contribution >= 4 is 41.3 Å². The van der Waals surface area contributed by atoms with Crippen molar-refractivity contribution in [1.29, 1.82) is 0 Å². The standard InChI is InChI=1S/C17H19ClN4O5S/c1-17(2,3)20-15(25)19-12(23)8-26-13(24)9-28-16-22-21-14(27-16)10-4-6-11(18)7-5-10/h4-7H,8-9H2,1-3H3,(H2,19,20,23,25). The van der Waals surface area contributed by atoms with Crippen LogP contribution in [0.4, 0.5) is 4.79 Å². The number of esters is 1. The topological polar surface area (TPSA) is 123 Å². The van der Waals surface area contributed by atoms with Crippen molar-refractivity contribution < 1.29 is 23.5 Å². The molecule has 1 heterocycles. The Morgan fingerprint density at radius 3 is 2.50 bits per heavy atom. The lowest BCUT2D eigenvalue weighted by Crippen LogP contribution is -2.49. The van der Waals surface area contributed by atoms with Crippen LogP contribution >= 0.6 is 23.4 Å². The number of hydrogen-bond donors (Lipinski definition) is 2. The molecule has 28 heavy (non-hydrogen) atoms. The monoisotopic (exact) mass is 426 g/mol. The Kier molecular flexibility index (Phi) is 7.41. The summed E-state index contributed by atoms with van der Waals surface area (Å²) in [6, 6.07) is 6.18. The number of carbonyl (C=O) groups is 3. The molecule has 0 saturated carbocycles. The first-order valence-electron chi connectivity index (χ1n) is 8.12. The molecule has 0 unspecified atom stereocenters. The molecular weight excluding hydrogens is 408 g/mol. The van der Waals surface area contributed by atoms with Crippen LogP contribution in [0.25, 0.3) is 11.5 Å². The molecule has 2 rings (SSSR count). The third-order valence-electron chi connectivity index (χ3n) is 2.92. The SMILES string of the molecule is CC(C)(C)NC(=O)NC(=O)COC(=O)CSc1nnc(-c2ccc(Cl)cc2)o1. The zero-order valence-corrected chi connectivity index (χ0v) is 17.0. The van der Waals surface area contributed by atoms with Crippen molar-refractivity contribution in [3.63, 3.8) is 0 Å². The van der Waals surface area contributed by atoms with E-state index in [9.17, 15) is 14.4 Å². The van der Waals surface area contributed by atoms with Gasteiger partial charge >= 0.3 is 12.0 Å². The van der Waals surface area contributed by atoms with Crippen LogP contribution < -0.4 is 10.6 Å².